The molecule has 0 saturated heterocycles. The summed E-state index contributed by atoms with van der Waals surface area (Å²) in [5.41, 5.74) is 1.44. The van der Waals surface area contributed by atoms with Crippen molar-refractivity contribution in [1.82, 2.24) is 4.98 Å². The van der Waals surface area contributed by atoms with E-state index in [0.29, 0.717) is 5.56 Å². The Morgan fingerprint density at radius 2 is 2.41 bits per heavy atom. The summed E-state index contributed by atoms with van der Waals surface area (Å²) in [7, 11) is 0. The van der Waals surface area contributed by atoms with Crippen molar-refractivity contribution in [3.8, 4) is 6.07 Å². The molecule has 2 aromatic heterocycles. The van der Waals surface area contributed by atoms with Crippen LogP contribution in [0.4, 0.5) is 5.69 Å². The van der Waals surface area contributed by atoms with Gasteiger partial charge < -0.3 is 5.32 Å². The molecule has 2 aromatic rings. The summed E-state index contributed by atoms with van der Waals surface area (Å²) < 4.78 is 0. The molecule has 1 atom stereocenters. The molecule has 17 heavy (non-hydrogen) atoms. The van der Waals surface area contributed by atoms with Crippen LogP contribution in [0.2, 0.25) is 0 Å². The number of thiophene rings is 1. The second-order valence-corrected chi connectivity index (χ2v) is 4.63. The average Bonchev–Trinajstić information content (AvgIpc) is 2.90. The Hall–Kier alpha value is -1.86. The highest BCUT2D eigenvalue weighted by Crippen LogP contribution is 2.27. The normalized spacial score (nSPS) is 11.8. The Balaban J connectivity index is 2.22. The number of nitrogens with one attached hydrogen (secondary N) is 1. The fourth-order valence-corrected chi connectivity index (χ4v) is 2.52. The Morgan fingerprint density at radius 1 is 1.53 bits per heavy atom. The summed E-state index contributed by atoms with van der Waals surface area (Å²) in [6, 6.07) is 8.28. The maximum atomic E-state index is 9.02. The summed E-state index contributed by atoms with van der Waals surface area (Å²) in [6.07, 6.45) is 4.31. The number of rotatable bonds is 4. The van der Waals surface area contributed by atoms with Crippen molar-refractivity contribution in [3.63, 3.8) is 0 Å². The number of hydrogen-bond donors (Lipinski definition) is 1. The van der Waals surface area contributed by atoms with Crippen molar-refractivity contribution in [2.75, 3.05) is 5.32 Å². The molecule has 0 spiro atoms. The minimum Gasteiger partial charge on any atom is -0.375 e. The maximum absolute atomic E-state index is 9.02. The first-order valence-corrected chi connectivity index (χ1v) is 6.37. The van der Waals surface area contributed by atoms with E-state index in [2.05, 4.69) is 34.7 Å². The zero-order valence-electron chi connectivity index (χ0n) is 9.55. The molecule has 2 heterocycles. The summed E-state index contributed by atoms with van der Waals surface area (Å²) >= 11 is 1.72. The first-order valence-electron chi connectivity index (χ1n) is 5.49. The van der Waals surface area contributed by atoms with Crippen LogP contribution < -0.4 is 5.32 Å². The van der Waals surface area contributed by atoms with E-state index in [0.717, 1.165) is 12.1 Å². The minimum absolute atomic E-state index is 0.242. The quantitative estimate of drug-likeness (QED) is 0.892. The summed E-state index contributed by atoms with van der Waals surface area (Å²) in [5.74, 6) is 0. The third-order valence-electron chi connectivity index (χ3n) is 2.57. The molecule has 0 radical (unpaired) electrons. The molecule has 0 saturated carbocycles. The van der Waals surface area contributed by atoms with E-state index in [1.54, 1.807) is 29.8 Å². The Labute approximate surface area is 105 Å². The number of hydrogen-bond acceptors (Lipinski definition) is 4. The second-order valence-electron chi connectivity index (χ2n) is 3.65. The lowest BCUT2D eigenvalue weighted by atomic mass is 10.1. The molecule has 2 rings (SSSR count). The predicted octanol–water partition coefficient (Wildman–Crippen LogP) is 3.58. The number of nitriles is 1. The Kier molecular flexibility index (Phi) is 3.73. The maximum Gasteiger partial charge on any atom is 0.101 e. The van der Waals surface area contributed by atoms with E-state index in [1.165, 1.54) is 4.88 Å². The molecule has 0 amide bonds. The third kappa shape index (κ3) is 2.63. The fourth-order valence-electron chi connectivity index (χ4n) is 1.66. The van der Waals surface area contributed by atoms with Gasteiger partial charge in [-0.25, -0.2) is 0 Å². The highest BCUT2D eigenvalue weighted by Gasteiger charge is 2.11. The van der Waals surface area contributed by atoms with Gasteiger partial charge in [0.05, 0.1) is 23.5 Å². The van der Waals surface area contributed by atoms with Crippen molar-refractivity contribution in [1.29, 1.82) is 5.26 Å². The van der Waals surface area contributed by atoms with Gasteiger partial charge in [0.1, 0.15) is 6.07 Å². The van der Waals surface area contributed by atoms with Crippen LogP contribution in [0.1, 0.15) is 29.8 Å². The van der Waals surface area contributed by atoms with E-state index in [4.69, 9.17) is 5.26 Å². The van der Waals surface area contributed by atoms with E-state index < -0.39 is 0 Å². The van der Waals surface area contributed by atoms with Crippen LogP contribution in [0.5, 0.6) is 0 Å². The monoisotopic (exact) mass is 243 g/mol. The van der Waals surface area contributed by atoms with Crippen LogP contribution in [0.15, 0.2) is 36.0 Å². The molecular formula is C13H13N3S. The highest BCUT2D eigenvalue weighted by molar-refractivity contribution is 7.10. The van der Waals surface area contributed by atoms with Crippen molar-refractivity contribution in [2.24, 2.45) is 0 Å². The number of aromatic nitrogens is 1. The highest BCUT2D eigenvalue weighted by atomic mass is 32.1. The molecular weight excluding hydrogens is 230 g/mol. The van der Waals surface area contributed by atoms with Crippen molar-refractivity contribution in [3.05, 3.63) is 46.4 Å². The van der Waals surface area contributed by atoms with Crippen LogP contribution in [0.25, 0.3) is 0 Å². The zero-order chi connectivity index (χ0) is 12.1. The molecule has 4 heteroatoms. The molecule has 0 bridgehead atoms. The SMILES string of the molecule is CCC(Nc1cnccc1C#N)c1cccs1. The Morgan fingerprint density at radius 3 is 3.06 bits per heavy atom. The van der Waals surface area contributed by atoms with Gasteiger partial charge in [-0.3, -0.25) is 4.98 Å². The van der Waals surface area contributed by atoms with Gasteiger partial charge in [-0.1, -0.05) is 13.0 Å². The number of nitrogens with zero attached hydrogens (tertiary/aromatic N) is 2. The third-order valence-corrected chi connectivity index (χ3v) is 3.55. The van der Waals surface area contributed by atoms with Gasteiger partial charge in [0.15, 0.2) is 0 Å². The smallest absolute Gasteiger partial charge is 0.101 e. The summed E-state index contributed by atoms with van der Waals surface area (Å²) in [5, 5.41) is 14.5. The van der Waals surface area contributed by atoms with Crippen LogP contribution >= 0.6 is 11.3 Å². The largest absolute Gasteiger partial charge is 0.375 e. The van der Waals surface area contributed by atoms with E-state index in [9.17, 15) is 0 Å². The van der Waals surface area contributed by atoms with Crippen LogP contribution in [0, 0.1) is 11.3 Å². The Bertz CT molecular complexity index is 514. The molecule has 0 aliphatic rings. The number of anilines is 1. The lowest BCUT2D eigenvalue weighted by Gasteiger charge is -2.17. The predicted molar refractivity (Wildman–Crippen MR) is 69.9 cm³/mol. The fraction of sp³-hybridized carbons (Fsp3) is 0.231. The van der Waals surface area contributed by atoms with Gasteiger partial charge in [-0.2, -0.15) is 5.26 Å². The lowest BCUT2D eigenvalue weighted by molar-refractivity contribution is 0.763. The molecule has 1 unspecified atom stereocenters. The number of pyridine rings is 1. The average molecular weight is 243 g/mol. The molecule has 1 N–H and O–H groups in total. The van der Waals surface area contributed by atoms with Gasteiger partial charge in [0.2, 0.25) is 0 Å². The molecule has 0 aromatic carbocycles. The van der Waals surface area contributed by atoms with Gasteiger partial charge in [-0.15, -0.1) is 11.3 Å². The minimum atomic E-state index is 0.242. The molecule has 0 aliphatic heterocycles. The van der Waals surface area contributed by atoms with Crippen molar-refractivity contribution < 1.29 is 0 Å². The summed E-state index contributed by atoms with van der Waals surface area (Å²) in [4.78, 5) is 5.33. The van der Waals surface area contributed by atoms with Gasteiger partial charge in [0, 0.05) is 11.1 Å². The van der Waals surface area contributed by atoms with E-state index in [-0.39, 0.29) is 6.04 Å². The standard InChI is InChI=1S/C13H13N3S/c1-2-11(13-4-3-7-17-13)16-12-9-15-6-5-10(12)8-14/h3-7,9,11,16H,2H2,1H3. The molecule has 0 fully saturated rings. The first-order chi connectivity index (χ1) is 8.35. The zero-order valence-corrected chi connectivity index (χ0v) is 10.4. The molecule has 86 valence electrons. The van der Waals surface area contributed by atoms with E-state index >= 15 is 0 Å². The topological polar surface area (TPSA) is 48.7 Å². The molecule has 3 nitrogen and oxygen atoms in total. The van der Waals surface area contributed by atoms with Crippen molar-refractivity contribution >= 4 is 17.0 Å². The summed E-state index contributed by atoms with van der Waals surface area (Å²) in [6.45, 7) is 2.12. The first kappa shape index (κ1) is 11.6. The van der Waals surface area contributed by atoms with Gasteiger partial charge in [0.25, 0.3) is 0 Å². The van der Waals surface area contributed by atoms with Crippen LogP contribution in [0.3, 0.4) is 0 Å². The van der Waals surface area contributed by atoms with Crippen LogP contribution in [-0.4, -0.2) is 4.98 Å². The molecule has 0 aliphatic carbocycles. The van der Waals surface area contributed by atoms with E-state index in [1.807, 2.05) is 6.07 Å². The second kappa shape index (κ2) is 5.46. The van der Waals surface area contributed by atoms with Gasteiger partial charge >= 0.3 is 0 Å². The lowest BCUT2D eigenvalue weighted by Crippen LogP contribution is -2.09. The van der Waals surface area contributed by atoms with Crippen LogP contribution in [-0.2, 0) is 0 Å². The van der Waals surface area contributed by atoms with Gasteiger partial charge in [-0.05, 0) is 23.9 Å². The van der Waals surface area contributed by atoms with Crippen molar-refractivity contribution in [2.45, 2.75) is 19.4 Å².